The quantitative estimate of drug-likeness (QED) is 0.656. The zero-order valence-corrected chi connectivity index (χ0v) is 14.9. The number of nitrogens with zero attached hydrogens (tertiary/aromatic N) is 1. The highest BCUT2D eigenvalue weighted by Crippen LogP contribution is 2.31. The van der Waals surface area contributed by atoms with Crippen LogP contribution in [0.15, 0.2) is 34.9 Å². The van der Waals surface area contributed by atoms with Crippen molar-refractivity contribution in [1.82, 2.24) is 4.98 Å². The van der Waals surface area contributed by atoms with E-state index in [9.17, 15) is 4.79 Å². The fourth-order valence-electron chi connectivity index (χ4n) is 2.82. The lowest BCUT2D eigenvalue weighted by molar-refractivity contribution is -0.139. The Hall–Kier alpha value is -2.82. The van der Waals surface area contributed by atoms with Gasteiger partial charge in [0.15, 0.2) is 0 Å². The Bertz CT molecular complexity index is 927. The molecular formula is C20H21NO4. The van der Waals surface area contributed by atoms with Gasteiger partial charge in [0, 0.05) is 33.5 Å². The number of hydrogen-bond donors (Lipinski definition) is 0. The summed E-state index contributed by atoms with van der Waals surface area (Å²) in [6, 6.07) is 7.84. The van der Waals surface area contributed by atoms with E-state index >= 15 is 0 Å². The third kappa shape index (κ3) is 3.50. The number of fused-ring (bicyclic) bond motifs is 1. The second-order valence-corrected chi connectivity index (χ2v) is 6.07. The van der Waals surface area contributed by atoms with Crippen LogP contribution in [0, 0.1) is 20.8 Å². The number of benzene rings is 1. The number of furan rings is 1. The molecule has 130 valence electrons. The molecule has 0 aliphatic heterocycles. The fourth-order valence-corrected chi connectivity index (χ4v) is 2.82. The summed E-state index contributed by atoms with van der Waals surface area (Å²) >= 11 is 0. The van der Waals surface area contributed by atoms with E-state index in [-0.39, 0.29) is 12.4 Å². The highest BCUT2D eigenvalue weighted by atomic mass is 16.5. The summed E-state index contributed by atoms with van der Waals surface area (Å²) < 4.78 is 16.4. The number of carbonyl (C=O) groups excluding carboxylic acids is 1. The first-order valence-corrected chi connectivity index (χ1v) is 8.12. The van der Waals surface area contributed by atoms with Gasteiger partial charge in [-0.2, -0.15) is 0 Å². The third-order valence-electron chi connectivity index (χ3n) is 4.30. The third-order valence-corrected chi connectivity index (χ3v) is 4.30. The smallest absolute Gasteiger partial charge is 0.310 e. The van der Waals surface area contributed by atoms with Crippen LogP contribution in [0.1, 0.15) is 28.1 Å². The Labute approximate surface area is 146 Å². The van der Waals surface area contributed by atoms with Gasteiger partial charge < -0.3 is 13.9 Å². The van der Waals surface area contributed by atoms with Gasteiger partial charge in [0.25, 0.3) is 0 Å². The van der Waals surface area contributed by atoms with E-state index < -0.39 is 0 Å². The summed E-state index contributed by atoms with van der Waals surface area (Å²) in [5, 5.41) is 0.906. The van der Waals surface area contributed by atoms with E-state index in [2.05, 4.69) is 4.98 Å². The maximum Gasteiger partial charge on any atom is 0.310 e. The number of hydrogen-bond acceptors (Lipinski definition) is 5. The van der Waals surface area contributed by atoms with Crippen molar-refractivity contribution in [2.24, 2.45) is 0 Å². The van der Waals surface area contributed by atoms with E-state index in [0.29, 0.717) is 6.61 Å². The average molecular weight is 339 g/mol. The predicted octanol–water partition coefficient (Wildman–Crippen LogP) is 4.05. The Morgan fingerprint density at radius 3 is 2.64 bits per heavy atom. The first-order valence-electron chi connectivity index (χ1n) is 8.12. The first kappa shape index (κ1) is 17.0. The van der Waals surface area contributed by atoms with Crippen molar-refractivity contribution in [1.29, 1.82) is 0 Å². The van der Waals surface area contributed by atoms with Crippen molar-refractivity contribution in [3.8, 4) is 5.75 Å². The van der Waals surface area contributed by atoms with Gasteiger partial charge in [-0.25, -0.2) is 0 Å². The van der Waals surface area contributed by atoms with Crippen LogP contribution in [0.2, 0.25) is 0 Å². The maximum absolute atomic E-state index is 11.5. The molecule has 0 aliphatic rings. The molecule has 0 radical (unpaired) electrons. The van der Waals surface area contributed by atoms with E-state index in [4.69, 9.17) is 13.9 Å². The molecule has 0 atom stereocenters. The van der Waals surface area contributed by atoms with Gasteiger partial charge in [0.1, 0.15) is 17.9 Å². The lowest BCUT2D eigenvalue weighted by Gasteiger charge is -2.11. The topological polar surface area (TPSA) is 61.6 Å². The number of aromatic nitrogens is 1. The summed E-state index contributed by atoms with van der Waals surface area (Å²) in [5.41, 5.74) is 5.47. The molecule has 0 saturated carbocycles. The van der Waals surface area contributed by atoms with Crippen LogP contribution in [0.4, 0.5) is 0 Å². The molecule has 25 heavy (non-hydrogen) atoms. The minimum atomic E-state index is -0.289. The predicted molar refractivity (Wildman–Crippen MR) is 94.7 cm³/mol. The molecule has 0 fully saturated rings. The SMILES string of the molecule is COC(=O)Cc1coc2c(C)c(OCc3ccc(C)nc3C)ccc12. The first-order chi connectivity index (χ1) is 12.0. The summed E-state index contributed by atoms with van der Waals surface area (Å²) in [6.07, 6.45) is 1.80. The number of carbonyl (C=O) groups is 1. The van der Waals surface area contributed by atoms with Crippen molar-refractivity contribution in [2.45, 2.75) is 33.8 Å². The number of aryl methyl sites for hydroxylation is 3. The largest absolute Gasteiger partial charge is 0.488 e. The van der Waals surface area contributed by atoms with Crippen LogP contribution < -0.4 is 4.74 Å². The monoisotopic (exact) mass is 339 g/mol. The van der Waals surface area contributed by atoms with Crippen LogP contribution in [-0.4, -0.2) is 18.1 Å². The molecule has 0 unspecified atom stereocenters. The van der Waals surface area contributed by atoms with Crippen LogP contribution in [0.25, 0.3) is 11.0 Å². The van der Waals surface area contributed by atoms with Crippen molar-refractivity contribution >= 4 is 16.9 Å². The second-order valence-electron chi connectivity index (χ2n) is 6.07. The van der Waals surface area contributed by atoms with Gasteiger partial charge in [0.2, 0.25) is 0 Å². The summed E-state index contributed by atoms with van der Waals surface area (Å²) in [5.74, 6) is 0.467. The summed E-state index contributed by atoms with van der Waals surface area (Å²) in [7, 11) is 1.38. The van der Waals surface area contributed by atoms with E-state index in [1.807, 2.05) is 45.0 Å². The fraction of sp³-hybridized carbons (Fsp3) is 0.300. The molecule has 0 aliphatic carbocycles. The maximum atomic E-state index is 11.5. The standard InChI is InChI=1S/C20H21NO4/c1-12-5-6-15(14(3)21-12)10-24-18-8-7-17-16(9-19(22)23-4)11-25-20(17)13(18)2/h5-8,11H,9-10H2,1-4H3. The molecule has 5 nitrogen and oxygen atoms in total. The zero-order chi connectivity index (χ0) is 18.0. The number of ether oxygens (including phenoxy) is 2. The highest BCUT2D eigenvalue weighted by molar-refractivity contribution is 5.88. The van der Waals surface area contributed by atoms with Crippen LogP contribution in [-0.2, 0) is 22.6 Å². The van der Waals surface area contributed by atoms with Gasteiger partial charge in [-0.05, 0) is 39.0 Å². The summed E-state index contributed by atoms with van der Waals surface area (Å²) in [4.78, 5) is 16.0. The molecule has 0 saturated heterocycles. The Morgan fingerprint density at radius 2 is 1.92 bits per heavy atom. The summed E-state index contributed by atoms with van der Waals surface area (Å²) in [6.45, 7) is 6.34. The average Bonchev–Trinajstić information content (AvgIpc) is 2.99. The second kappa shape index (κ2) is 6.97. The van der Waals surface area contributed by atoms with Crippen LogP contribution >= 0.6 is 0 Å². The molecule has 5 heteroatoms. The molecule has 0 spiro atoms. The normalized spacial score (nSPS) is 10.9. The minimum absolute atomic E-state index is 0.192. The number of pyridine rings is 1. The van der Waals surface area contributed by atoms with Crippen molar-refractivity contribution in [3.05, 3.63) is 58.6 Å². The van der Waals surface area contributed by atoms with Gasteiger partial charge in [-0.1, -0.05) is 6.07 Å². The number of esters is 1. The minimum Gasteiger partial charge on any atom is -0.488 e. The van der Waals surface area contributed by atoms with E-state index in [0.717, 1.165) is 44.8 Å². The molecule has 2 aromatic heterocycles. The van der Waals surface area contributed by atoms with Gasteiger partial charge in [-0.3, -0.25) is 9.78 Å². The molecular weight excluding hydrogens is 318 g/mol. The van der Waals surface area contributed by atoms with Crippen molar-refractivity contribution < 1.29 is 18.7 Å². The molecule has 0 N–H and O–H groups in total. The van der Waals surface area contributed by atoms with E-state index in [1.54, 1.807) is 6.26 Å². The van der Waals surface area contributed by atoms with E-state index in [1.165, 1.54) is 7.11 Å². The number of rotatable bonds is 5. The molecule has 3 rings (SSSR count). The molecule has 1 aromatic carbocycles. The van der Waals surface area contributed by atoms with Crippen LogP contribution in [0.3, 0.4) is 0 Å². The molecule has 3 aromatic rings. The van der Waals surface area contributed by atoms with Crippen molar-refractivity contribution in [2.75, 3.05) is 7.11 Å². The molecule has 0 amide bonds. The Kier molecular flexibility index (Phi) is 4.74. The lowest BCUT2D eigenvalue weighted by Crippen LogP contribution is -2.04. The zero-order valence-electron chi connectivity index (χ0n) is 14.9. The Morgan fingerprint density at radius 1 is 1.12 bits per heavy atom. The van der Waals surface area contributed by atoms with Crippen molar-refractivity contribution in [3.63, 3.8) is 0 Å². The van der Waals surface area contributed by atoms with Gasteiger partial charge in [0.05, 0.1) is 19.8 Å². The van der Waals surface area contributed by atoms with Gasteiger partial charge in [-0.15, -0.1) is 0 Å². The highest BCUT2D eigenvalue weighted by Gasteiger charge is 2.15. The van der Waals surface area contributed by atoms with Crippen LogP contribution in [0.5, 0.6) is 5.75 Å². The Balaban J connectivity index is 1.83. The number of methoxy groups -OCH3 is 1. The lowest BCUT2D eigenvalue weighted by atomic mass is 10.1. The molecule has 2 heterocycles. The van der Waals surface area contributed by atoms with Gasteiger partial charge >= 0.3 is 5.97 Å². The molecule has 0 bridgehead atoms.